The van der Waals surface area contributed by atoms with E-state index in [1.807, 2.05) is 18.2 Å². The van der Waals surface area contributed by atoms with Gasteiger partial charge < -0.3 is 9.97 Å². The first-order valence-electron chi connectivity index (χ1n) is 17.0. The molecule has 39 heavy (non-hydrogen) atoms. The molecule has 201 valence electrons. The Bertz CT molecular complexity index is 1870. The third-order valence-corrected chi connectivity index (χ3v) is 5.22. The molecule has 0 saturated heterocycles. The van der Waals surface area contributed by atoms with Crippen molar-refractivity contribution in [2.45, 2.75) is 40.8 Å². The zero-order valence-electron chi connectivity index (χ0n) is 31.7. The minimum absolute atomic E-state index is 0. The molecule has 0 atom stereocenters. The quantitative estimate of drug-likeness (QED) is 0.175. The summed E-state index contributed by atoms with van der Waals surface area (Å²) in [5, 5.41) is 0. The van der Waals surface area contributed by atoms with Crippen LogP contribution in [0.2, 0.25) is 0 Å². The summed E-state index contributed by atoms with van der Waals surface area (Å²) >= 11 is 0. The van der Waals surface area contributed by atoms with E-state index in [-0.39, 0.29) is 71.5 Å². The number of benzene rings is 3. The van der Waals surface area contributed by atoms with E-state index >= 15 is 0 Å². The van der Waals surface area contributed by atoms with Crippen molar-refractivity contribution in [3.05, 3.63) is 132 Å². The number of nitrogens with zero attached hydrogens (tertiary/aromatic N) is 2. The van der Waals surface area contributed by atoms with E-state index in [1.165, 1.54) is 24.4 Å². The molecule has 0 fully saturated rings. The van der Waals surface area contributed by atoms with Crippen molar-refractivity contribution in [1.29, 1.82) is 0 Å². The minimum Gasteiger partial charge on any atom is -0.304 e. The molecule has 1 radical (unpaired) electrons. The van der Waals surface area contributed by atoms with Crippen LogP contribution in [0.3, 0.4) is 0 Å². The molecule has 0 aliphatic heterocycles. The van der Waals surface area contributed by atoms with Gasteiger partial charge in [0.2, 0.25) is 0 Å². The second-order valence-electron chi connectivity index (χ2n) is 9.49. The summed E-state index contributed by atoms with van der Waals surface area (Å²) in [5.41, 5.74) is -0.00159. The van der Waals surface area contributed by atoms with Gasteiger partial charge in [-0.2, -0.15) is 0 Å². The summed E-state index contributed by atoms with van der Waals surface area (Å²) in [6, 6.07) is 24.8. The van der Waals surface area contributed by atoms with Gasteiger partial charge in [0.25, 0.3) is 0 Å². The number of pyridine rings is 2. The summed E-state index contributed by atoms with van der Waals surface area (Å²) in [6.45, 7) is -0.552. The molecule has 2 aromatic heterocycles. The first-order valence-corrected chi connectivity index (χ1v) is 12.0. The smallest absolute Gasteiger partial charge is 0.139 e. The number of hydrogen-bond donors (Lipinski definition) is 0. The average molecular weight is 703 g/mol. The van der Waals surface area contributed by atoms with Gasteiger partial charge in [-0.15, -0.1) is 71.8 Å². The first-order chi connectivity index (χ1) is 22.2. The van der Waals surface area contributed by atoms with Crippen molar-refractivity contribution in [3.63, 3.8) is 0 Å². The average Bonchev–Trinajstić information content (AvgIpc) is 3.01. The van der Waals surface area contributed by atoms with Crippen molar-refractivity contribution < 1.29 is 38.2 Å². The van der Waals surface area contributed by atoms with Gasteiger partial charge in [0.15, 0.2) is 0 Å². The molecule has 0 unspecified atom stereocenters. The molecule has 0 spiro atoms. The van der Waals surface area contributed by atoms with Gasteiger partial charge in [0, 0.05) is 37.3 Å². The van der Waals surface area contributed by atoms with Gasteiger partial charge in [0.1, 0.15) is 5.82 Å². The number of hydrogen-bond acceptors (Lipinski definition) is 2. The van der Waals surface area contributed by atoms with Gasteiger partial charge in [-0.05, 0) is 70.8 Å². The van der Waals surface area contributed by atoms with Crippen LogP contribution in [0.1, 0.15) is 51.2 Å². The van der Waals surface area contributed by atoms with Gasteiger partial charge in [0.05, 0.1) is 8.94 Å². The van der Waals surface area contributed by atoms with Crippen molar-refractivity contribution in [2.75, 3.05) is 0 Å². The SMILES string of the molecule is Fc1ccc(-c2[c-]cccc2)nc1.[2H]c1cc(C([2H])([2H])C(C)(C)C)cc(C([2H])([2H])[2H])c1-c1c(C([2H])([2H])[2H])cnc(-c2[c-]cccc2)c1[2H].[Ir]. The summed E-state index contributed by atoms with van der Waals surface area (Å²) in [6.07, 6.45) is 0.304. The standard InChI is InChI=1S/C24H26N.C11H7FN.Ir/c1-17-13-19(15-24(3,4)5)11-12-21(17)22-14-23(25-16-18(22)2)20-9-7-6-8-10-20;12-10-6-7-11(13-8-10)9-4-2-1-3-5-9;/h6-9,11-14,16H,15H2,1-5H3;1-4,6-8H;/q2*-1;/i1D3,2D3,12D,14D,15D2;;. The Labute approximate surface area is 259 Å². The third-order valence-electron chi connectivity index (χ3n) is 5.22. The second-order valence-corrected chi connectivity index (χ2v) is 9.49. The fourth-order valence-electron chi connectivity index (χ4n) is 3.58. The Morgan fingerprint density at radius 2 is 1.51 bits per heavy atom. The van der Waals surface area contributed by atoms with Crippen LogP contribution in [-0.4, -0.2) is 9.97 Å². The van der Waals surface area contributed by atoms with E-state index in [0.29, 0.717) is 5.56 Å². The molecule has 0 aliphatic carbocycles. The zero-order chi connectivity index (χ0) is 35.7. The molecular formula is C35H33FIrN2-2. The van der Waals surface area contributed by atoms with E-state index in [4.69, 9.17) is 13.7 Å². The minimum atomic E-state index is -2.81. The molecule has 0 bridgehead atoms. The van der Waals surface area contributed by atoms with E-state index in [9.17, 15) is 4.39 Å². The van der Waals surface area contributed by atoms with Crippen LogP contribution in [0.15, 0.2) is 97.3 Å². The van der Waals surface area contributed by atoms with Crippen LogP contribution >= 0.6 is 0 Å². The maximum absolute atomic E-state index is 12.5. The Balaban J connectivity index is 0.000000387. The Kier molecular flexibility index (Phi) is 6.52. The van der Waals surface area contributed by atoms with Crippen molar-refractivity contribution in [1.82, 2.24) is 9.97 Å². The second kappa shape index (κ2) is 13.6. The van der Waals surface area contributed by atoms with E-state index in [2.05, 4.69) is 22.1 Å². The summed E-state index contributed by atoms with van der Waals surface area (Å²) < 4.78 is 95.6. The summed E-state index contributed by atoms with van der Waals surface area (Å²) in [5.74, 6) is -0.320. The molecule has 0 amide bonds. The Morgan fingerprint density at radius 3 is 2.08 bits per heavy atom. The molecular weight excluding hydrogens is 660 g/mol. The van der Waals surface area contributed by atoms with E-state index in [0.717, 1.165) is 17.5 Å². The predicted octanol–water partition coefficient (Wildman–Crippen LogP) is 9.11. The van der Waals surface area contributed by atoms with E-state index in [1.54, 1.807) is 57.2 Å². The normalized spacial score (nSPS) is 15.5. The Hall–Kier alpha value is -3.46. The van der Waals surface area contributed by atoms with Crippen molar-refractivity contribution in [3.8, 4) is 33.6 Å². The fraction of sp³-hybridized carbons (Fsp3) is 0.200. The summed E-state index contributed by atoms with van der Waals surface area (Å²) in [4.78, 5) is 8.11. The van der Waals surface area contributed by atoms with Crippen LogP contribution in [0.4, 0.5) is 4.39 Å². The largest absolute Gasteiger partial charge is 0.304 e. The van der Waals surface area contributed by atoms with Gasteiger partial charge in [-0.25, -0.2) is 4.39 Å². The maximum atomic E-state index is 12.5. The van der Waals surface area contributed by atoms with E-state index < -0.39 is 25.5 Å². The van der Waals surface area contributed by atoms with Gasteiger partial charge >= 0.3 is 0 Å². The molecule has 4 heteroatoms. The molecule has 5 rings (SSSR count). The van der Waals surface area contributed by atoms with Crippen LogP contribution in [0, 0.1) is 37.1 Å². The molecule has 5 aromatic rings. The maximum Gasteiger partial charge on any atom is 0.139 e. The number of aromatic nitrogens is 2. The number of halogens is 1. The third kappa shape index (κ3) is 8.51. The molecule has 2 nitrogen and oxygen atoms in total. The fourth-order valence-corrected chi connectivity index (χ4v) is 3.58. The number of rotatable bonds is 4. The van der Waals surface area contributed by atoms with Gasteiger partial charge in [-0.1, -0.05) is 51.1 Å². The topological polar surface area (TPSA) is 25.8 Å². The van der Waals surface area contributed by atoms with Crippen LogP contribution < -0.4 is 0 Å². The monoisotopic (exact) mass is 703 g/mol. The van der Waals surface area contributed by atoms with Crippen LogP contribution in [-0.2, 0) is 26.5 Å². The molecule has 2 heterocycles. The number of aryl methyl sites for hydroxylation is 2. The van der Waals surface area contributed by atoms with Crippen LogP contribution in [0.5, 0.6) is 0 Å². The predicted molar refractivity (Wildman–Crippen MR) is 155 cm³/mol. The molecule has 0 N–H and O–H groups in total. The molecule has 0 aliphatic rings. The Morgan fingerprint density at radius 1 is 0.846 bits per heavy atom. The van der Waals surface area contributed by atoms with Crippen LogP contribution in [0.25, 0.3) is 33.6 Å². The zero-order valence-corrected chi connectivity index (χ0v) is 24.1. The molecule has 3 aromatic carbocycles. The summed E-state index contributed by atoms with van der Waals surface area (Å²) in [7, 11) is 0. The van der Waals surface area contributed by atoms with Crippen molar-refractivity contribution in [2.24, 2.45) is 5.41 Å². The first kappa shape index (κ1) is 18.8. The van der Waals surface area contributed by atoms with Crippen molar-refractivity contribution >= 4 is 0 Å². The van der Waals surface area contributed by atoms with Gasteiger partial charge in [-0.3, -0.25) is 0 Å². The molecule has 0 saturated carbocycles.